The van der Waals surface area contributed by atoms with Crippen LogP contribution in [0, 0.1) is 12.7 Å². The fraction of sp³-hybridized carbons (Fsp3) is 0.143. The topological polar surface area (TPSA) is 81.8 Å². The van der Waals surface area contributed by atoms with Gasteiger partial charge in [-0.25, -0.2) is 4.39 Å². The van der Waals surface area contributed by atoms with E-state index in [2.05, 4.69) is 5.16 Å². The van der Waals surface area contributed by atoms with Gasteiger partial charge in [0.05, 0.1) is 17.0 Å². The quantitative estimate of drug-likeness (QED) is 0.331. The molecule has 0 aliphatic carbocycles. The Hall–Kier alpha value is -4.39. The molecule has 0 saturated heterocycles. The maximum atomic E-state index is 13.7. The van der Waals surface area contributed by atoms with Gasteiger partial charge >= 0.3 is 0 Å². The van der Waals surface area contributed by atoms with Gasteiger partial charge in [-0.1, -0.05) is 29.4 Å². The van der Waals surface area contributed by atoms with Gasteiger partial charge in [0, 0.05) is 17.5 Å². The molecule has 5 rings (SSSR count). The van der Waals surface area contributed by atoms with Crippen LogP contribution in [0.5, 0.6) is 5.75 Å². The van der Waals surface area contributed by atoms with Crippen molar-refractivity contribution >= 4 is 18.0 Å². The zero-order valence-corrected chi connectivity index (χ0v) is 19.1. The van der Waals surface area contributed by atoms with Crippen molar-refractivity contribution in [3.63, 3.8) is 0 Å². The Morgan fingerprint density at radius 2 is 1.69 bits per heavy atom. The minimum absolute atomic E-state index is 0.0264. The summed E-state index contributed by atoms with van der Waals surface area (Å²) in [5.74, 6) is 0.617. The first-order valence-corrected chi connectivity index (χ1v) is 11.1. The first-order valence-electron chi connectivity index (χ1n) is 11.1. The molecule has 0 bridgehead atoms. The van der Waals surface area contributed by atoms with E-state index in [1.807, 2.05) is 37.3 Å². The van der Waals surface area contributed by atoms with Crippen molar-refractivity contribution in [2.24, 2.45) is 4.99 Å². The van der Waals surface area contributed by atoms with Crippen LogP contribution in [-0.4, -0.2) is 23.1 Å². The zero-order chi connectivity index (χ0) is 24.5. The standard InChI is InChI=1S/C28H21FN2O4/c1-16(33)13-25-28-26(17(2)31-35-28)23-12-7-20(18-5-10-22(11-6-18)34-15-32)14-24(23)27(30-25)19-3-8-21(29)9-4-19/h3-12,14-15,25H,13H2,1-2H3/t25-/m0/s1. The van der Waals surface area contributed by atoms with E-state index in [4.69, 9.17) is 14.3 Å². The highest BCUT2D eigenvalue weighted by molar-refractivity contribution is 6.17. The predicted molar refractivity (Wildman–Crippen MR) is 129 cm³/mol. The number of nitrogens with zero attached hydrogens (tertiary/aromatic N) is 2. The van der Waals surface area contributed by atoms with Crippen molar-refractivity contribution in [2.75, 3.05) is 0 Å². The summed E-state index contributed by atoms with van der Waals surface area (Å²) >= 11 is 0. The average Bonchev–Trinajstić information content (AvgIpc) is 3.17. The number of aromatic nitrogens is 1. The van der Waals surface area contributed by atoms with Crippen molar-refractivity contribution in [1.82, 2.24) is 5.16 Å². The van der Waals surface area contributed by atoms with E-state index in [1.165, 1.54) is 19.1 Å². The fourth-order valence-electron chi connectivity index (χ4n) is 4.39. The molecule has 6 nitrogen and oxygen atoms in total. The Morgan fingerprint density at radius 3 is 2.37 bits per heavy atom. The first kappa shape index (κ1) is 22.4. The van der Waals surface area contributed by atoms with Gasteiger partial charge in [-0.05, 0) is 73.0 Å². The van der Waals surface area contributed by atoms with Gasteiger partial charge in [-0.15, -0.1) is 0 Å². The third-order valence-corrected chi connectivity index (χ3v) is 5.99. The Balaban J connectivity index is 1.73. The minimum Gasteiger partial charge on any atom is -0.429 e. The second kappa shape index (κ2) is 9.10. The lowest BCUT2D eigenvalue weighted by atomic mass is 9.90. The number of ketones is 1. The number of fused-ring (bicyclic) bond motifs is 3. The predicted octanol–water partition coefficient (Wildman–Crippen LogP) is 5.86. The Bertz CT molecular complexity index is 1450. The highest BCUT2D eigenvalue weighted by atomic mass is 19.1. The van der Waals surface area contributed by atoms with E-state index in [-0.39, 0.29) is 18.0 Å². The molecule has 1 aliphatic rings. The van der Waals surface area contributed by atoms with Crippen LogP contribution in [0.1, 0.15) is 42.0 Å². The number of rotatable bonds is 6. The Kier molecular flexibility index (Phi) is 5.82. The number of ether oxygens (including phenoxy) is 1. The summed E-state index contributed by atoms with van der Waals surface area (Å²) in [6.07, 6.45) is 0.158. The summed E-state index contributed by atoms with van der Waals surface area (Å²) in [6.45, 7) is 3.77. The lowest BCUT2D eigenvalue weighted by Crippen LogP contribution is -2.08. The molecule has 0 radical (unpaired) electrons. The van der Waals surface area contributed by atoms with E-state index in [0.29, 0.717) is 29.4 Å². The molecule has 174 valence electrons. The second-order valence-corrected chi connectivity index (χ2v) is 8.41. The summed E-state index contributed by atoms with van der Waals surface area (Å²) in [6, 6.07) is 18.7. The number of Topliss-reactive ketones (excluding diaryl/α,β-unsaturated/α-hetero) is 1. The van der Waals surface area contributed by atoms with E-state index >= 15 is 0 Å². The molecule has 4 aromatic rings. The summed E-state index contributed by atoms with van der Waals surface area (Å²) in [5, 5.41) is 4.17. The molecule has 7 heteroatoms. The summed E-state index contributed by atoms with van der Waals surface area (Å²) in [5.41, 5.74) is 6.40. The molecule has 0 unspecified atom stereocenters. The van der Waals surface area contributed by atoms with Crippen molar-refractivity contribution < 1.29 is 23.2 Å². The fourth-order valence-corrected chi connectivity index (χ4v) is 4.39. The molecule has 2 heterocycles. The lowest BCUT2D eigenvalue weighted by molar-refractivity contribution is -0.120. The smallest absolute Gasteiger partial charge is 0.298 e. The number of hydrogen-bond acceptors (Lipinski definition) is 6. The molecular formula is C28H21FN2O4. The number of halogens is 1. The molecule has 35 heavy (non-hydrogen) atoms. The molecule has 1 aromatic heterocycles. The Morgan fingerprint density at radius 1 is 1.00 bits per heavy atom. The van der Waals surface area contributed by atoms with Crippen LogP contribution in [0.4, 0.5) is 4.39 Å². The van der Waals surface area contributed by atoms with E-state index in [1.54, 1.807) is 24.3 Å². The molecular weight excluding hydrogens is 447 g/mol. The number of aliphatic imine (C=N–C) groups is 1. The van der Waals surface area contributed by atoms with E-state index in [9.17, 15) is 14.0 Å². The van der Waals surface area contributed by atoms with Crippen molar-refractivity contribution in [3.8, 4) is 28.0 Å². The SMILES string of the molecule is CC(=O)C[C@@H]1N=C(c2ccc(F)cc2)c2cc(-c3ccc(OC=O)cc3)ccc2-c2c(C)noc21. The molecule has 0 fully saturated rings. The van der Waals surface area contributed by atoms with Gasteiger partial charge in [0.1, 0.15) is 23.4 Å². The third kappa shape index (κ3) is 4.28. The largest absolute Gasteiger partial charge is 0.429 e. The van der Waals surface area contributed by atoms with Gasteiger partial charge in [0.15, 0.2) is 5.76 Å². The average molecular weight is 468 g/mol. The molecule has 1 atom stereocenters. The number of carbonyl (C=O) groups is 2. The molecule has 3 aromatic carbocycles. The maximum Gasteiger partial charge on any atom is 0.298 e. The second-order valence-electron chi connectivity index (χ2n) is 8.41. The number of benzene rings is 3. The van der Waals surface area contributed by atoms with Crippen LogP contribution < -0.4 is 4.74 Å². The van der Waals surface area contributed by atoms with Crippen molar-refractivity contribution in [3.05, 3.63) is 95.1 Å². The van der Waals surface area contributed by atoms with Crippen LogP contribution in [0.25, 0.3) is 22.3 Å². The van der Waals surface area contributed by atoms with Gasteiger partial charge in [-0.2, -0.15) is 0 Å². The van der Waals surface area contributed by atoms with Crippen LogP contribution in [0.2, 0.25) is 0 Å². The highest BCUT2D eigenvalue weighted by Gasteiger charge is 2.31. The van der Waals surface area contributed by atoms with Crippen LogP contribution in [0.3, 0.4) is 0 Å². The normalized spacial score (nSPS) is 14.4. The van der Waals surface area contributed by atoms with Gasteiger partial charge < -0.3 is 9.26 Å². The number of hydrogen-bond donors (Lipinski definition) is 0. The number of aryl methyl sites for hydroxylation is 1. The molecule has 1 aliphatic heterocycles. The molecule has 0 saturated carbocycles. The van der Waals surface area contributed by atoms with Crippen molar-refractivity contribution in [1.29, 1.82) is 0 Å². The monoisotopic (exact) mass is 468 g/mol. The van der Waals surface area contributed by atoms with E-state index in [0.717, 1.165) is 33.4 Å². The third-order valence-electron chi connectivity index (χ3n) is 5.99. The maximum absolute atomic E-state index is 13.7. The van der Waals surface area contributed by atoms with E-state index < -0.39 is 6.04 Å². The molecule has 0 spiro atoms. The van der Waals surface area contributed by atoms with Gasteiger partial charge in [0.25, 0.3) is 6.47 Å². The summed E-state index contributed by atoms with van der Waals surface area (Å²) in [7, 11) is 0. The van der Waals surface area contributed by atoms with Gasteiger partial charge in [0.2, 0.25) is 0 Å². The summed E-state index contributed by atoms with van der Waals surface area (Å²) < 4.78 is 24.3. The van der Waals surface area contributed by atoms with Crippen LogP contribution in [0.15, 0.2) is 76.2 Å². The van der Waals surface area contributed by atoms with Gasteiger partial charge in [-0.3, -0.25) is 14.6 Å². The van der Waals surface area contributed by atoms with Crippen LogP contribution >= 0.6 is 0 Å². The zero-order valence-electron chi connectivity index (χ0n) is 19.1. The summed E-state index contributed by atoms with van der Waals surface area (Å²) in [4.78, 5) is 27.7. The van der Waals surface area contributed by atoms with Crippen LogP contribution in [-0.2, 0) is 9.59 Å². The highest BCUT2D eigenvalue weighted by Crippen LogP contribution is 2.42. The minimum atomic E-state index is -0.556. The Labute approximate surface area is 201 Å². The lowest BCUT2D eigenvalue weighted by Gasteiger charge is -2.14. The first-order chi connectivity index (χ1) is 16.9. The van der Waals surface area contributed by atoms with Crippen molar-refractivity contribution in [2.45, 2.75) is 26.3 Å². The molecule has 0 amide bonds. The number of carbonyl (C=O) groups excluding carboxylic acids is 2. The molecule has 0 N–H and O–H groups in total.